The SMILES string of the molecule is Nc1c(Cl)cnn1Cc1cc(Cl)cc(Cl)c1. The quantitative estimate of drug-likeness (QED) is 0.912. The molecule has 0 aliphatic carbocycles. The zero-order valence-corrected chi connectivity index (χ0v) is 10.4. The Kier molecular flexibility index (Phi) is 3.28. The van der Waals surface area contributed by atoms with Crippen LogP contribution in [0.2, 0.25) is 15.1 Å². The maximum absolute atomic E-state index is 5.89. The third kappa shape index (κ3) is 2.43. The topological polar surface area (TPSA) is 43.8 Å². The largest absolute Gasteiger partial charge is 0.383 e. The van der Waals surface area contributed by atoms with E-state index in [1.807, 2.05) is 12.1 Å². The lowest BCUT2D eigenvalue weighted by molar-refractivity contribution is 0.697. The van der Waals surface area contributed by atoms with E-state index in [-0.39, 0.29) is 0 Å². The summed E-state index contributed by atoms with van der Waals surface area (Å²) in [5, 5.41) is 5.65. The summed E-state index contributed by atoms with van der Waals surface area (Å²) in [5.41, 5.74) is 6.65. The number of nitrogens with two attached hydrogens (primary N) is 1. The summed E-state index contributed by atoms with van der Waals surface area (Å²) in [4.78, 5) is 0. The van der Waals surface area contributed by atoms with Crippen LogP contribution >= 0.6 is 34.8 Å². The highest BCUT2D eigenvalue weighted by Gasteiger charge is 2.06. The smallest absolute Gasteiger partial charge is 0.140 e. The lowest BCUT2D eigenvalue weighted by atomic mass is 10.2. The molecule has 2 N–H and O–H groups in total. The van der Waals surface area contributed by atoms with Crippen molar-refractivity contribution in [1.29, 1.82) is 0 Å². The van der Waals surface area contributed by atoms with Crippen molar-refractivity contribution < 1.29 is 0 Å². The van der Waals surface area contributed by atoms with Gasteiger partial charge in [0.2, 0.25) is 0 Å². The molecule has 3 nitrogen and oxygen atoms in total. The van der Waals surface area contributed by atoms with E-state index in [0.29, 0.717) is 27.4 Å². The number of nitrogen functional groups attached to an aromatic ring is 1. The maximum Gasteiger partial charge on any atom is 0.140 e. The molecule has 0 aliphatic rings. The fourth-order valence-electron chi connectivity index (χ4n) is 1.37. The molecule has 0 saturated heterocycles. The first-order valence-corrected chi connectivity index (χ1v) is 5.61. The number of aromatic nitrogens is 2. The standard InChI is InChI=1S/C10H8Cl3N3/c11-7-1-6(2-8(12)3-7)5-16-10(14)9(13)4-15-16/h1-4H,5,14H2. The van der Waals surface area contributed by atoms with E-state index in [1.165, 1.54) is 6.20 Å². The van der Waals surface area contributed by atoms with Crippen molar-refractivity contribution in [3.8, 4) is 0 Å². The van der Waals surface area contributed by atoms with Gasteiger partial charge in [-0.05, 0) is 23.8 Å². The fraction of sp³-hybridized carbons (Fsp3) is 0.100. The zero-order valence-electron chi connectivity index (χ0n) is 8.12. The summed E-state index contributed by atoms with van der Waals surface area (Å²) < 4.78 is 1.59. The molecule has 84 valence electrons. The molecular weight excluding hydrogens is 268 g/mol. The van der Waals surface area contributed by atoms with E-state index in [1.54, 1.807) is 10.7 Å². The van der Waals surface area contributed by atoms with Crippen LogP contribution in [0.3, 0.4) is 0 Å². The molecular formula is C10H8Cl3N3. The average molecular weight is 277 g/mol. The normalized spacial score (nSPS) is 10.7. The monoisotopic (exact) mass is 275 g/mol. The molecule has 0 radical (unpaired) electrons. The molecule has 0 bridgehead atoms. The number of hydrogen-bond acceptors (Lipinski definition) is 2. The first kappa shape index (κ1) is 11.6. The van der Waals surface area contributed by atoms with Crippen LogP contribution in [0, 0.1) is 0 Å². The summed E-state index contributed by atoms with van der Waals surface area (Å²) in [6, 6.07) is 5.29. The van der Waals surface area contributed by atoms with Crippen LogP contribution in [0.5, 0.6) is 0 Å². The maximum atomic E-state index is 5.89. The highest BCUT2D eigenvalue weighted by atomic mass is 35.5. The van der Waals surface area contributed by atoms with Gasteiger partial charge < -0.3 is 5.73 Å². The van der Waals surface area contributed by atoms with Gasteiger partial charge in [0.25, 0.3) is 0 Å². The van der Waals surface area contributed by atoms with Gasteiger partial charge in [-0.1, -0.05) is 34.8 Å². The van der Waals surface area contributed by atoms with Crippen molar-refractivity contribution in [3.63, 3.8) is 0 Å². The van der Waals surface area contributed by atoms with Crippen LogP contribution in [0.15, 0.2) is 24.4 Å². The summed E-state index contributed by atoms with van der Waals surface area (Å²) in [6.45, 7) is 0.485. The molecule has 0 aliphatic heterocycles. The first-order chi connectivity index (χ1) is 7.56. The highest BCUT2D eigenvalue weighted by molar-refractivity contribution is 6.34. The van der Waals surface area contributed by atoms with Gasteiger partial charge in [0.1, 0.15) is 10.8 Å². The molecule has 0 unspecified atom stereocenters. The van der Waals surface area contributed by atoms with E-state index in [4.69, 9.17) is 40.5 Å². The molecule has 2 aromatic rings. The molecule has 0 saturated carbocycles. The molecule has 0 spiro atoms. The Hall–Kier alpha value is -0.900. The van der Waals surface area contributed by atoms with Crippen LogP contribution in [0.1, 0.15) is 5.56 Å². The second-order valence-electron chi connectivity index (χ2n) is 3.31. The minimum atomic E-state index is 0.428. The first-order valence-electron chi connectivity index (χ1n) is 4.48. The fourth-order valence-corrected chi connectivity index (χ4v) is 2.09. The number of anilines is 1. The van der Waals surface area contributed by atoms with Crippen molar-refractivity contribution in [2.24, 2.45) is 0 Å². The third-order valence-electron chi connectivity index (χ3n) is 2.09. The summed E-state index contributed by atoms with van der Waals surface area (Å²) in [7, 11) is 0. The van der Waals surface area contributed by atoms with Crippen molar-refractivity contribution in [3.05, 3.63) is 45.0 Å². The minimum Gasteiger partial charge on any atom is -0.383 e. The Morgan fingerprint density at radius 1 is 1.12 bits per heavy atom. The van der Waals surface area contributed by atoms with Gasteiger partial charge in [0.15, 0.2) is 0 Å². The van der Waals surface area contributed by atoms with E-state index in [2.05, 4.69) is 5.10 Å². The predicted molar refractivity (Wildman–Crippen MR) is 67.2 cm³/mol. The number of rotatable bonds is 2. The lowest BCUT2D eigenvalue weighted by Crippen LogP contribution is -2.05. The van der Waals surface area contributed by atoms with Crippen LogP contribution in [-0.2, 0) is 6.54 Å². The Balaban J connectivity index is 2.30. The molecule has 1 aromatic carbocycles. The predicted octanol–water partition coefficient (Wildman–Crippen LogP) is 3.47. The van der Waals surface area contributed by atoms with Crippen LogP contribution < -0.4 is 5.73 Å². The van der Waals surface area contributed by atoms with Gasteiger partial charge in [-0.2, -0.15) is 5.10 Å². The number of halogens is 3. The minimum absolute atomic E-state index is 0.428. The van der Waals surface area contributed by atoms with Gasteiger partial charge in [0.05, 0.1) is 12.7 Å². The van der Waals surface area contributed by atoms with Gasteiger partial charge >= 0.3 is 0 Å². The third-order valence-corrected chi connectivity index (χ3v) is 2.82. The Bertz CT molecular complexity index is 502. The second kappa shape index (κ2) is 4.53. The molecule has 0 atom stereocenters. The van der Waals surface area contributed by atoms with Crippen molar-refractivity contribution >= 4 is 40.6 Å². The lowest BCUT2D eigenvalue weighted by Gasteiger charge is -2.05. The van der Waals surface area contributed by atoms with Crippen molar-refractivity contribution in [2.45, 2.75) is 6.54 Å². The van der Waals surface area contributed by atoms with E-state index >= 15 is 0 Å². The number of nitrogens with zero attached hydrogens (tertiary/aromatic N) is 2. The summed E-state index contributed by atoms with van der Waals surface area (Å²) in [6.07, 6.45) is 1.50. The van der Waals surface area contributed by atoms with Gasteiger partial charge in [-0.25, -0.2) is 4.68 Å². The van der Waals surface area contributed by atoms with Crippen molar-refractivity contribution in [2.75, 3.05) is 5.73 Å². The molecule has 1 heterocycles. The Morgan fingerprint density at radius 3 is 2.25 bits per heavy atom. The van der Waals surface area contributed by atoms with E-state index < -0.39 is 0 Å². The molecule has 6 heteroatoms. The molecule has 1 aromatic heterocycles. The van der Waals surface area contributed by atoms with Crippen LogP contribution in [0.4, 0.5) is 5.82 Å². The molecule has 2 rings (SSSR count). The summed E-state index contributed by atoms with van der Waals surface area (Å²) in [5.74, 6) is 0.428. The van der Waals surface area contributed by atoms with Crippen LogP contribution in [-0.4, -0.2) is 9.78 Å². The molecule has 0 fully saturated rings. The Morgan fingerprint density at radius 2 is 1.75 bits per heavy atom. The van der Waals surface area contributed by atoms with Gasteiger partial charge in [-0.3, -0.25) is 0 Å². The zero-order chi connectivity index (χ0) is 11.7. The molecule has 16 heavy (non-hydrogen) atoms. The van der Waals surface area contributed by atoms with E-state index in [0.717, 1.165) is 5.56 Å². The second-order valence-corrected chi connectivity index (χ2v) is 4.59. The Labute approximate surface area is 108 Å². The average Bonchev–Trinajstić information content (AvgIpc) is 2.48. The highest BCUT2D eigenvalue weighted by Crippen LogP contribution is 2.22. The van der Waals surface area contributed by atoms with Crippen molar-refractivity contribution in [1.82, 2.24) is 9.78 Å². The summed E-state index contributed by atoms with van der Waals surface area (Å²) >= 11 is 17.6. The molecule has 0 amide bonds. The van der Waals surface area contributed by atoms with Gasteiger partial charge in [-0.15, -0.1) is 0 Å². The van der Waals surface area contributed by atoms with E-state index in [9.17, 15) is 0 Å². The number of hydrogen-bond donors (Lipinski definition) is 1. The number of benzene rings is 1. The van der Waals surface area contributed by atoms with Gasteiger partial charge in [0, 0.05) is 10.0 Å². The van der Waals surface area contributed by atoms with Crippen LogP contribution in [0.25, 0.3) is 0 Å².